The maximum Gasteiger partial charge on any atom is 0.137 e. The van der Waals surface area contributed by atoms with Crippen LogP contribution in [0.1, 0.15) is 33.1 Å². The van der Waals surface area contributed by atoms with Crippen LogP contribution in [0.15, 0.2) is 24.3 Å². The molecule has 1 saturated heterocycles. The molecule has 1 heterocycles. The van der Waals surface area contributed by atoms with E-state index in [2.05, 4.69) is 0 Å². The second-order valence-electron chi connectivity index (χ2n) is 5.55. The van der Waals surface area contributed by atoms with Crippen molar-refractivity contribution in [3.05, 3.63) is 24.3 Å². The van der Waals surface area contributed by atoms with Crippen molar-refractivity contribution in [3.63, 3.8) is 0 Å². The molecule has 0 saturated carbocycles. The number of benzene rings is 1. The maximum atomic E-state index is 5.83. The summed E-state index contributed by atoms with van der Waals surface area (Å²) in [5.41, 5.74) is 0. The summed E-state index contributed by atoms with van der Waals surface area (Å²) in [5, 5.41) is 0. The number of nitrogens with one attached hydrogen (secondary N) is 1. The first-order valence-corrected chi connectivity index (χ1v) is 7.47. The molecule has 19 heavy (non-hydrogen) atoms. The van der Waals surface area contributed by atoms with Crippen molar-refractivity contribution in [2.24, 2.45) is 0 Å². The molecule has 1 aliphatic heterocycles. The molecule has 0 atom stereocenters. The minimum atomic E-state index is 0.202. The zero-order valence-corrected chi connectivity index (χ0v) is 12.2. The number of likely N-dealkylation sites (tertiary alicyclic amines) is 1. The highest BCUT2D eigenvalue weighted by Gasteiger charge is 2.12. The molecular weight excluding hydrogens is 238 g/mol. The molecule has 0 spiro atoms. The van der Waals surface area contributed by atoms with Crippen molar-refractivity contribution < 1.29 is 14.4 Å². The fraction of sp³-hybridized carbons (Fsp3) is 0.625. The van der Waals surface area contributed by atoms with Crippen LogP contribution in [0.5, 0.6) is 11.5 Å². The molecule has 1 fully saturated rings. The third kappa shape index (κ3) is 5.11. The Bertz CT molecular complexity index is 373. The minimum Gasteiger partial charge on any atom is -0.491 e. The molecule has 0 aliphatic carbocycles. The van der Waals surface area contributed by atoms with E-state index < -0.39 is 0 Å². The molecule has 106 valence electrons. The lowest BCUT2D eigenvalue weighted by Gasteiger charge is -2.23. The third-order valence-electron chi connectivity index (χ3n) is 3.46. The fourth-order valence-corrected chi connectivity index (χ4v) is 2.52. The molecule has 1 N–H and O–H groups in total. The average Bonchev–Trinajstić information content (AvgIpc) is 2.40. The van der Waals surface area contributed by atoms with Gasteiger partial charge < -0.3 is 14.4 Å². The highest BCUT2D eigenvalue weighted by Crippen LogP contribution is 2.20. The number of rotatable bonds is 6. The summed E-state index contributed by atoms with van der Waals surface area (Å²) in [7, 11) is 0. The van der Waals surface area contributed by atoms with Gasteiger partial charge in [-0.15, -0.1) is 0 Å². The molecule has 3 nitrogen and oxygen atoms in total. The van der Waals surface area contributed by atoms with Crippen molar-refractivity contribution in [2.75, 3.05) is 26.2 Å². The molecule has 3 heteroatoms. The summed E-state index contributed by atoms with van der Waals surface area (Å²) in [6.45, 7) is 8.58. The van der Waals surface area contributed by atoms with Crippen LogP contribution in [-0.4, -0.2) is 32.3 Å². The van der Waals surface area contributed by atoms with Gasteiger partial charge in [0.2, 0.25) is 0 Å². The Balaban J connectivity index is 1.75. The topological polar surface area (TPSA) is 22.9 Å². The van der Waals surface area contributed by atoms with Crippen molar-refractivity contribution in [3.8, 4) is 11.5 Å². The van der Waals surface area contributed by atoms with Gasteiger partial charge in [0.05, 0.1) is 19.2 Å². The number of piperidine rings is 1. The molecule has 0 aromatic heterocycles. The summed E-state index contributed by atoms with van der Waals surface area (Å²) in [4.78, 5) is 1.68. The van der Waals surface area contributed by atoms with Gasteiger partial charge in [-0.25, -0.2) is 0 Å². The first kappa shape index (κ1) is 14.2. The average molecular weight is 264 g/mol. The van der Waals surface area contributed by atoms with E-state index in [4.69, 9.17) is 9.47 Å². The zero-order chi connectivity index (χ0) is 13.5. The number of hydrogen-bond acceptors (Lipinski definition) is 2. The van der Waals surface area contributed by atoms with E-state index in [-0.39, 0.29) is 6.10 Å². The molecule has 0 unspecified atom stereocenters. The summed E-state index contributed by atoms with van der Waals surface area (Å²) in [6.07, 6.45) is 4.34. The van der Waals surface area contributed by atoms with Gasteiger partial charge in [0, 0.05) is 6.07 Å². The van der Waals surface area contributed by atoms with Crippen molar-refractivity contribution in [1.29, 1.82) is 0 Å². The summed E-state index contributed by atoms with van der Waals surface area (Å²) in [6, 6.07) is 7.94. The lowest BCUT2D eigenvalue weighted by Crippen LogP contribution is -3.13. The van der Waals surface area contributed by atoms with Crippen LogP contribution in [0.2, 0.25) is 0 Å². The molecule has 0 amide bonds. The monoisotopic (exact) mass is 264 g/mol. The summed E-state index contributed by atoms with van der Waals surface area (Å²) in [5.74, 6) is 1.80. The summed E-state index contributed by atoms with van der Waals surface area (Å²) >= 11 is 0. The van der Waals surface area contributed by atoms with Gasteiger partial charge in [-0.1, -0.05) is 6.07 Å². The second kappa shape index (κ2) is 7.39. The molecule has 0 radical (unpaired) electrons. The van der Waals surface area contributed by atoms with Gasteiger partial charge in [-0.2, -0.15) is 0 Å². The van der Waals surface area contributed by atoms with Gasteiger partial charge in [0.25, 0.3) is 0 Å². The van der Waals surface area contributed by atoms with Crippen LogP contribution in [0, 0.1) is 0 Å². The zero-order valence-electron chi connectivity index (χ0n) is 12.2. The molecule has 1 aliphatic rings. The Morgan fingerprint density at radius 3 is 2.58 bits per heavy atom. The minimum absolute atomic E-state index is 0.202. The maximum absolute atomic E-state index is 5.83. The molecular formula is C16H26NO2+. The number of hydrogen-bond donors (Lipinski definition) is 1. The molecule has 2 rings (SSSR count). The largest absolute Gasteiger partial charge is 0.491 e. The van der Waals surface area contributed by atoms with Gasteiger partial charge in [0.15, 0.2) is 0 Å². The number of quaternary nitrogens is 1. The van der Waals surface area contributed by atoms with Gasteiger partial charge in [-0.3, -0.25) is 0 Å². The first-order valence-electron chi connectivity index (χ1n) is 7.47. The second-order valence-corrected chi connectivity index (χ2v) is 5.55. The van der Waals surface area contributed by atoms with Crippen LogP contribution in [0.25, 0.3) is 0 Å². The van der Waals surface area contributed by atoms with Crippen LogP contribution in [0.4, 0.5) is 0 Å². The Morgan fingerprint density at radius 1 is 1.11 bits per heavy atom. The van der Waals surface area contributed by atoms with E-state index in [0.717, 1.165) is 24.7 Å². The lowest BCUT2D eigenvalue weighted by molar-refractivity contribution is -0.904. The molecule has 1 aromatic rings. The van der Waals surface area contributed by atoms with E-state index in [1.807, 2.05) is 38.1 Å². The Morgan fingerprint density at radius 2 is 1.84 bits per heavy atom. The van der Waals surface area contributed by atoms with Crippen LogP contribution in [0.3, 0.4) is 0 Å². The number of ether oxygens (including phenoxy) is 2. The Labute approximate surface area is 116 Å². The predicted molar refractivity (Wildman–Crippen MR) is 77.1 cm³/mol. The molecule has 0 bridgehead atoms. The third-order valence-corrected chi connectivity index (χ3v) is 3.46. The van der Waals surface area contributed by atoms with Gasteiger partial charge >= 0.3 is 0 Å². The van der Waals surface area contributed by atoms with E-state index in [1.165, 1.54) is 32.4 Å². The van der Waals surface area contributed by atoms with Gasteiger partial charge in [0.1, 0.15) is 24.7 Å². The Kier molecular flexibility index (Phi) is 5.52. The van der Waals surface area contributed by atoms with Gasteiger partial charge in [-0.05, 0) is 45.2 Å². The van der Waals surface area contributed by atoms with Crippen LogP contribution >= 0.6 is 0 Å². The SMILES string of the molecule is CC(C)Oc1cccc(OCC[NH+]2CCCCC2)c1. The highest BCUT2D eigenvalue weighted by molar-refractivity contribution is 5.33. The predicted octanol–water partition coefficient (Wildman–Crippen LogP) is 1.92. The normalized spacial score (nSPS) is 16.6. The highest BCUT2D eigenvalue weighted by atomic mass is 16.5. The van der Waals surface area contributed by atoms with Crippen LogP contribution < -0.4 is 14.4 Å². The van der Waals surface area contributed by atoms with Crippen molar-refractivity contribution >= 4 is 0 Å². The van der Waals surface area contributed by atoms with E-state index in [1.54, 1.807) is 4.90 Å². The molecule has 1 aromatic carbocycles. The lowest BCUT2D eigenvalue weighted by atomic mass is 10.1. The van der Waals surface area contributed by atoms with E-state index >= 15 is 0 Å². The fourth-order valence-electron chi connectivity index (χ4n) is 2.52. The summed E-state index contributed by atoms with van der Waals surface area (Å²) < 4.78 is 11.5. The van der Waals surface area contributed by atoms with E-state index in [0.29, 0.717) is 0 Å². The van der Waals surface area contributed by atoms with Crippen LogP contribution in [-0.2, 0) is 0 Å². The first-order chi connectivity index (χ1) is 9.24. The smallest absolute Gasteiger partial charge is 0.137 e. The quantitative estimate of drug-likeness (QED) is 0.848. The Hall–Kier alpha value is -1.22. The van der Waals surface area contributed by atoms with Crippen molar-refractivity contribution in [2.45, 2.75) is 39.2 Å². The van der Waals surface area contributed by atoms with Crippen molar-refractivity contribution in [1.82, 2.24) is 0 Å². The standard InChI is InChI=1S/C16H25NO2/c1-14(2)19-16-8-6-7-15(13-16)18-12-11-17-9-4-3-5-10-17/h6-8,13-14H,3-5,9-12H2,1-2H3/p+1. The van der Waals surface area contributed by atoms with E-state index in [9.17, 15) is 0 Å².